The fourth-order valence-corrected chi connectivity index (χ4v) is 3.71. The summed E-state index contributed by atoms with van der Waals surface area (Å²) in [6, 6.07) is 19.7. The van der Waals surface area contributed by atoms with Gasteiger partial charge >= 0.3 is 0 Å². The largest absolute Gasteiger partial charge is 0.493 e. The van der Waals surface area contributed by atoms with Crippen LogP contribution in [-0.2, 0) is 11.4 Å². The number of nitrogens with one attached hydrogen (secondary N) is 1. The van der Waals surface area contributed by atoms with Gasteiger partial charge in [-0.2, -0.15) is 0 Å². The lowest BCUT2D eigenvalue weighted by Gasteiger charge is -2.20. The molecule has 32 heavy (non-hydrogen) atoms. The van der Waals surface area contributed by atoms with Crippen molar-refractivity contribution in [2.45, 2.75) is 19.4 Å². The minimum atomic E-state index is -0.299. The number of para-hydroxylation sites is 2. The molecule has 164 valence electrons. The lowest BCUT2D eigenvalue weighted by atomic mass is 10.1. The molecule has 0 aromatic heterocycles. The van der Waals surface area contributed by atoms with Crippen LogP contribution < -0.4 is 19.7 Å². The van der Waals surface area contributed by atoms with Crippen molar-refractivity contribution in [1.29, 1.82) is 0 Å². The maximum absolute atomic E-state index is 12.9. The van der Waals surface area contributed by atoms with Gasteiger partial charge in [0.2, 0.25) is 5.91 Å². The van der Waals surface area contributed by atoms with Crippen LogP contribution in [0.3, 0.4) is 0 Å². The second-order valence-electron chi connectivity index (χ2n) is 7.40. The zero-order chi connectivity index (χ0) is 22.5. The molecule has 1 aliphatic rings. The summed E-state index contributed by atoms with van der Waals surface area (Å²) in [5.41, 5.74) is 2.68. The molecule has 6 nitrogen and oxygen atoms in total. The molecule has 0 bridgehead atoms. The standard InChI is InChI=1S/C25H23ClN2O4/c1-31-23-15-18(10-13-22(23)32-16-17-8-11-19(26)12-9-17)25(30)27-20-5-2-3-6-21(20)28-14-4-7-24(28)29/h2-3,5-6,8-13,15H,4,7,14,16H2,1H3,(H,27,30). The highest BCUT2D eigenvalue weighted by Crippen LogP contribution is 2.32. The van der Waals surface area contributed by atoms with Gasteiger partial charge in [-0.25, -0.2) is 0 Å². The summed E-state index contributed by atoms with van der Waals surface area (Å²) >= 11 is 5.92. The molecule has 1 saturated heterocycles. The Balaban J connectivity index is 1.49. The molecule has 1 N–H and O–H groups in total. The summed E-state index contributed by atoms with van der Waals surface area (Å²) in [7, 11) is 1.53. The first-order valence-corrected chi connectivity index (χ1v) is 10.7. The van der Waals surface area contributed by atoms with Crippen molar-refractivity contribution < 1.29 is 19.1 Å². The van der Waals surface area contributed by atoms with Crippen molar-refractivity contribution in [3.8, 4) is 11.5 Å². The van der Waals surface area contributed by atoms with Crippen molar-refractivity contribution in [3.05, 3.63) is 82.9 Å². The number of carbonyl (C=O) groups is 2. The summed E-state index contributed by atoms with van der Waals surface area (Å²) < 4.78 is 11.3. The number of benzene rings is 3. The van der Waals surface area contributed by atoms with Gasteiger partial charge in [0.1, 0.15) is 6.61 Å². The minimum Gasteiger partial charge on any atom is -0.493 e. The average molecular weight is 451 g/mol. The van der Waals surface area contributed by atoms with Gasteiger partial charge in [0.15, 0.2) is 11.5 Å². The van der Waals surface area contributed by atoms with Crippen molar-refractivity contribution >= 4 is 34.8 Å². The molecular weight excluding hydrogens is 428 g/mol. The normalized spacial score (nSPS) is 13.2. The summed E-state index contributed by atoms with van der Waals surface area (Å²) in [5.74, 6) is 0.749. The van der Waals surface area contributed by atoms with Crippen molar-refractivity contribution in [3.63, 3.8) is 0 Å². The van der Waals surface area contributed by atoms with Gasteiger partial charge in [0.05, 0.1) is 18.5 Å². The topological polar surface area (TPSA) is 67.9 Å². The summed E-state index contributed by atoms with van der Waals surface area (Å²) in [5, 5.41) is 3.58. The summed E-state index contributed by atoms with van der Waals surface area (Å²) in [4.78, 5) is 26.8. The van der Waals surface area contributed by atoms with Gasteiger partial charge in [0.25, 0.3) is 5.91 Å². The van der Waals surface area contributed by atoms with Crippen LogP contribution >= 0.6 is 11.6 Å². The lowest BCUT2D eigenvalue weighted by Crippen LogP contribution is -2.25. The number of hydrogen-bond donors (Lipinski definition) is 1. The monoisotopic (exact) mass is 450 g/mol. The first kappa shape index (κ1) is 21.7. The number of rotatable bonds is 7. The zero-order valence-electron chi connectivity index (χ0n) is 17.6. The Morgan fingerprint density at radius 2 is 1.84 bits per heavy atom. The van der Waals surface area contributed by atoms with Gasteiger partial charge in [-0.15, -0.1) is 0 Å². The molecule has 0 unspecified atom stereocenters. The fraction of sp³-hybridized carbons (Fsp3) is 0.200. The molecule has 2 amide bonds. The third kappa shape index (κ3) is 4.86. The molecular formula is C25H23ClN2O4. The molecule has 7 heteroatoms. The van der Waals surface area contributed by atoms with E-state index in [9.17, 15) is 9.59 Å². The van der Waals surface area contributed by atoms with Gasteiger partial charge in [-0.3, -0.25) is 9.59 Å². The molecule has 0 radical (unpaired) electrons. The van der Waals surface area contributed by atoms with Crippen LogP contribution in [0.5, 0.6) is 11.5 Å². The molecule has 1 heterocycles. The van der Waals surface area contributed by atoms with Crippen molar-refractivity contribution in [2.24, 2.45) is 0 Å². The number of halogens is 1. The lowest BCUT2D eigenvalue weighted by molar-refractivity contribution is -0.117. The predicted octanol–water partition coefficient (Wildman–Crippen LogP) is 5.31. The highest BCUT2D eigenvalue weighted by Gasteiger charge is 2.24. The van der Waals surface area contributed by atoms with Crippen LogP contribution in [0, 0.1) is 0 Å². The predicted molar refractivity (Wildman–Crippen MR) is 125 cm³/mol. The van der Waals surface area contributed by atoms with Gasteiger partial charge in [-0.1, -0.05) is 35.9 Å². The smallest absolute Gasteiger partial charge is 0.255 e. The van der Waals surface area contributed by atoms with E-state index in [-0.39, 0.29) is 11.8 Å². The van der Waals surface area contributed by atoms with Crippen LogP contribution in [0.15, 0.2) is 66.7 Å². The molecule has 1 fully saturated rings. The van der Waals surface area contributed by atoms with Gasteiger partial charge < -0.3 is 19.7 Å². The number of anilines is 2. The second-order valence-corrected chi connectivity index (χ2v) is 7.84. The number of hydrogen-bond acceptors (Lipinski definition) is 4. The number of ether oxygens (including phenoxy) is 2. The van der Waals surface area contributed by atoms with Crippen LogP contribution in [0.1, 0.15) is 28.8 Å². The first-order chi connectivity index (χ1) is 15.5. The Morgan fingerprint density at radius 3 is 2.56 bits per heavy atom. The molecule has 4 rings (SSSR count). The molecule has 0 saturated carbocycles. The summed E-state index contributed by atoms with van der Waals surface area (Å²) in [6.07, 6.45) is 1.34. The van der Waals surface area contributed by atoms with Crippen molar-refractivity contribution in [2.75, 3.05) is 23.9 Å². The van der Waals surface area contributed by atoms with E-state index >= 15 is 0 Å². The molecule has 0 atom stereocenters. The number of amides is 2. The number of carbonyl (C=O) groups excluding carboxylic acids is 2. The Kier molecular flexibility index (Phi) is 6.61. The highest BCUT2D eigenvalue weighted by molar-refractivity contribution is 6.30. The van der Waals surface area contributed by atoms with Gasteiger partial charge in [0, 0.05) is 23.6 Å². The maximum atomic E-state index is 12.9. The van der Waals surface area contributed by atoms with Crippen LogP contribution in [0.4, 0.5) is 11.4 Å². The molecule has 3 aromatic rings. The van der Waals surface area contributed by atoms with Crippen LogP contribution in [-0.4, -0.2) is 25.5 Å². The van der Waals surface area contributed by atoms with E-state index in [1.54, 1.807) is 41.3 Å². The van der Waals surface area contributed by atoms with E-state index in [4.69, 9.17) is 21.1 Å². The fourth-order valence-electron chi connectivity index (χ4n) is 3.58. The molecule has 0 aliphatic carbocycles. The van der Waals surface area contributed by atoms with Crippen LogP contribution in [0.2, 0.25) is 5.02 Å². The number of nitrogens with zero attached hydrogens (tertiary/aromatic N) is 1. The Morgan fingerprint density at radius 1 is 1.06 bits per heavy atom. The molecule has 1 aliphatic heterocycles. The quantitative estimate of drug-likeness (QED) is 0.530. The average Bonchev–Trinajstić information content (AvgIpc) is 3.24. The number of methoxy groups -OCH3 is 1. The Bertz CT molecular complexity index is 1130. The third-order valence-corrected chi connectivity index (χ3v) is 5.50. The zero-order valence-corrected chi connectivity index (χ0v) is 18.4. The highest BCUT2D eigenvalue weighted by atomic mass is 35.5. The van der Waals surface area contributed by atoms with E-state index in [0.29, 0.717) is 53.0 Å². The van der Waals surface area contributed by atoms with Crippen molar-refractivity contribution in [1.82, 2.24) is 0 Å². The summed E-state index contributed by atoms with van der Waals surface area (Å²) in [6.45, 7) is 0.996. The Hall–Kier alpha value is -3.51. The molecule has 0 spiro atoms. The minimum absolute atomic E-state index is 0.0653. The van der Waals surface area contributed by atoms with E-state index in [1.807, 2.05) is 30.3 Å². The maximum Gasteiger partial charge on any atom is 0.255 e. The van der Waals surface area contributed by atoms with Crippen LogP contribution in [0.25, 0.3) is 0 Å². The Labute approximate surface area is 191 Å². The SMILES string of the molecule is COc1cc(C(=O)Nc2ccccc2N2CCCC2=O)ccc1OCc1ccc(Cl)cc1. The van der Waals surface area contributed by atoms with E-state index in [1.165, 1.54) is 7.11 Å². The van der Waals surface area contributed by atoms with E-state index in [2.05, 4.69) is 5.32 Å². The molecule has 3 aromatic carbocycles. The van der Waals surface area contributed by atoms with E-state index in [0.717, 1.165) is 12.0 Å². The van der Waals surface area contributed by atoms with Gasteiger partial charge in [-0.05, 0) is 54.4 Å². The van der Waals surface area contributed by atoms with E-state index < -0.39 is 0 Å². The second kappa shape index (κ2) is 9.75. The first-order valence-electron chi connectivity index (χ1n) is 10.3. The third-order valence-electron chi connectivity index (χ3n) is 5.25.